The Morgan fingerprint density at radius 1 is 1.29 bits per heavy atom. The fourth-order valence-corrected chi connectivity index (χ4v) is 1.76. The lowest BCUT2D eigenvalue weighted by molar-refractivity contribution is 0.605. The summed E-state index contributed by atoms with van der Waals surface area (Å²) in [5, 5.41) is 1.50. The summed E-state index contributed by atoms with van der Waals surface area (Å²) >= 11 is 6.01. The van der Waals surface area contributed by atoms with Gasteiger partial charge in [0.15, 0.2) is 12.0 Å². The van der Waals surface area contributed by atoms with Crippen molar-refractivity contribution in [2.75, 3.05) is 0 Å². The van der Waals surface area contributed by atoms with Crippen molar-refractivity contribution < 1.29 is 4.42 Å². The molecule has 0 amide bonds. The van der Waals surface area contributed by atoms with Gasteiger partial charge in [-0.15, -0.1) is 0 Å². The molecule has 3 rings (SSSR count). The lowest BCUT2D eigenvalue weighted by Crippen LogP contribution is -1.79. The Morgan fingerprint density at radius 2 is 2.21 bits per heavy atom. The highest BCUT2D eigenvalue weighted by Gasteiger charge is 2.08. The highest BCUT2D eigenvalue weighted by Crippen LogP contribution is 2.29. The molecule has 0 fully saturated rings. The summed E-state index contributed by atoms with van der Waals surface area (Å²) in [7, 11) is 0. The summed E-state index contributed by atoms with van der Waals surface area (Å²) in [4.78, 5) is 8.24. The number of fused-ring (bicyclic) bond motifs is 3. The lowest BCUT2D eigenvalue weighted by atomic mass is 10.2. The van der Waals surface area contributed by atoms with Gasteiger partial charge in [0.1, 0.15) is 5.52 Å². The Hall–Kier alpha value is -1.61. The van der Waals surface area contributed by atoms with Crippen LogP contribution in [0, 0.1) is 0 Å². The largest absolute Gasteiger partial charge is 0.443 e. The van der Waals surface area contributed by atoms with E-state index in [0.717, 1.165) is 10.9 Å². The summed E-state index contributed by atoms with van der Waals surface area (Å²) in [6.45, 7) is 0. The average molecular weight is 205 g/mol. The fraction of sp³-hybridized carbons (Fsp3) is 0. The standard InChI is InChI=1S/C10H5ClN2O/c11-7-4-8-6(2-1-3-12-8)10-9(7)13-5-14-10/h1-5H. The molecule has 3 aromatic rings. The van der Waals surface area contributed by atoms with E-state index in [-0.39, 0.29) is 0 Å². The summed E-state index contributed by atoms with van der Waals surface area (Å²) in [5.41, 5.74) is 2.20. The monoisotopic (exact) mass is 204 g/mol. The molecule has 0 N–H and O–H groups in total. The van der Waals surface area contributed by atoms with Crippen molar-refractivity contribution in [2.24, 2.45) is 0 Å². The average Bonchev–Trinajstić information content (AvgIpc) is 2.67. The number of hydrogen-bond acceptors (Lipinski definition) is 3. The molecule has 0 aliphatic carbocycles. The smallest absolute Gasteiger partial charge is 0.182 e. The molecule has 4 heteroatoms. The van der Waals surface area contributed by atoms with Crippen LogP contribution in [0.25, 0.3) is 22.0 Å². The highest BCUT2D eigenvalue weighted by molar-refractivity contribution is 6.36. The van der Waals surface area contributed by atoms with Gasteiger partial charge in [0.25, 0.3) is 0 Å². The quantitative estimate of drug-likeness (QED) is 0.565. The molecule has 68 valence electrons. The van der Waals surface area contributed by atoms with Crippen LogP contribution < -0.4 is 0 Å². The molecule has 3 nitrogen and oxygen atoms in total. The van der Waals surface area contributed by atoms with E-state index in [2.05, 4.69) is 9.97 Å². The third kappa shape index (κ3) is 0.930. The van der Waals surface area contributed by atoms with Crippen LogP contribution in [0.3, 0.4) is 0 Å². The third-order valence-electron chi connectivity index (χ3n) is 2.14. The van der Waals surface area contributed by atoms with Crippen LogP contribution in [0.2, 0.25) is 5.02 Å². The Labute approximate surface area is 84.3 Å². The molecule has 2 heterocycles. The minimum absolute atomic E-state index is 0.569. The fourth-order valence-electron chi connectivity index (χ4n) is 1.52. The van der Waals surface area contributed by atoms with Gasteiger partial charge in [0.2, 0.25) is 0 Å². The van der Waals surface area contributed by atoms with E-state index in [4.69, 9.17) is 16.0 Å². The van der Waals surface area contributed by atoms with Crippen molar-refractivity contribution in [3.63, 3.8) is 0 Å². The summed E-state index contributed by atoms with van der Waals surface area (Å²) < 4.78 is 5.28. The normalized spacial score (nSPS) is 11.2. The zero-order valence-corrected chi connectivity index (χ0v) is 7.82. The number of pyridine rings is 1. The molecule has 0 unspecified atom stereocenters. The van der Waals surface area contributed by atoms with E-state index in [1.807, 2.05) is 12.1 Å². The van der Waals surface area contributed by atoms with Crippen molar-refractivity contribution in [1.82, 2.24) is 9.97 Å². The molecule has 0 spiro atoms. The maximum Gasteiger partial charge on any atom is 0.182 e. The Morgan fingerprint density at radius 3 is 3.14 bits per heavy atom. The first kappa shape index (κ1) is 7.76. The molecule has 0 saturated heterocycles. The molecular formula is C10H5ClN2O. The first-order valence-corrected chi connectivity index (χ1v) is 4.50. The number of benzene rings is 1. The van der Waals surface area contributed by atoms with Crippen LogP contribution in [0.1, 0.15) is 0 Å². The summed E-state index contributed by atoms with van der Waals surface area (Å²) in [6, 6.07) is 5.59. The predicted molar refractivity (Wildman–Crippen MR) is 54.3 cm³/mol. The van der Waals surface area contributed by atoms with Gasteiger partial charge in [0.05, 0.1) is 10.5 Å². The van der Waals surface area contributed by atoms with Crippen molar-refractivity contribution in [1.29, 1.82) is 0 Å². The Balaban J connectivity index is 2.66. The van der Waals surface area contributed by atoms with Crippen LogP contribution in [-0.4, -0.2) is 9.97 Å². The van der Waals surface area contributed by atoms with Gasteiger partial charge in [-0.1, -0.05) is 11.6 Å². The molecule has 0 bridgehead atoms. The number of hydrogen-bond donors (Lipinski definition) is 0. The van der Waals surface area contributed by atoms with Crippen molar-refractivity contribution >= 4 is 33.6 Å². The second-order valence-corrected chi connectivity index (χ2v) is 3.37. The number of rotatable bonds is 0. The van der Waals surface area contributed by atoms with Crippen LogP contribution in [0.4, 0.5) is 0 Å². The maximum atomic E-state index is 6.01. The maximum absolute atomic E-state index is 6.01. The number of oxazole rings is 1. The molecule has 0 aliphatic rings. The minimum Gasteiger partial charge on any atom is -0.443 e. The highest BCUT2D eigenvalue weighted by atomic mass is 35.5. The third-order valence-corrected chi connectivity index (χ3v) is 2.43. The zero-order chi connectivity index (χ0) is 9.54. The Kier molecular flexibility index (Phi) is 1.49. The van der Waals surface area contributed by atoms with E-state index >= 15 is 0 Å². The summed E-state index contributed by atoms with van der Waals surface area (Å²) in [5.74, 6) is 0. The molecule has 0 radical (unpaired) electrons. The van der Waals surface area contributed by atoms with Crippen molar-refractivity contribution in [2.45, 2.75) is 0 Å². The SMILES string of the molecule is Clc1cc2ncccc2c2ocnc12. The molecule has 14 heavy (non-hydrogen) atoms. The Bertz CT molecular complexity index is 618. The number of halogens is 1. The van der Waals surface area contributed by atoms with Crippen LogP contribution in [-0.2, 0) is 0 Å². The van der Waals surface area contributed by atoms with E-state index in [1.54, 1.807) is 12.3 Å². The molecule has 2 aromatic heterocycles. The lowest BCUT2D eigenvalue weighted by Gasteiger charge is -1.97. The summed E-state index contributed by atoms with van der Waals surface area (Å²) in [6.07, 6.45) is 3.11. The van der Waals surface area contributed by atoms with E-state index in [0.29, 0.717) is 16.1 Å². The van der Waals surface area contributed by atoms with Gasteiger partial charge in [-0.3, -0.25) is 4.98 Å². The van der Waals surface area contributed by atoms with Crippen LogP contribution >= 0.6 is 11.6 Å². The van der Waals surface area contributed by atoms with Gasteiger partial charge in [0, 0.05) is 11.6 Å². The molecule has 0 atom stereocenters. The zero-order valence-electron chi connectivity index (χ0n) is 7.07. The second-order valence-electron chi connectivity index (χ2n) is 2.96. The minimum atomic E-state index is 0.569. The first-order chi connectivity index (χ1) is 6.86. The van der Waals surface area contributed by atoms with Gasteiger partial charge >= 0.3 is 0 Å². The second kappa shape index (κ2) is 2.69. The topological polar surface area (TPSA) is 38.9 Å². The van der Waals surface area contributed by atoms with Crippen molar-refractivity contribution in [3.05, 3.63) is 35.8 Å². The van der Waals surface area contributed by atoms with E-state index in [1.165, 1.54) is 6.39 Å². The van der Waals surface area contributed by atoms with E-state index < -0.39 is 0 Å². The first-order valence-electron chi connectivity index (χ1n) is 4.13. The van der Waals surface area contributed by atoms with Gasteiger partial charge in [-0.05, 0) is 18.2 Å². The van der Waals surface area contributed by atoms with Gasteiger partial charge in [-0.25, -0.2) is 4.98 Å². The molecular weight excluding hydrogens is 200 g/mol. The number of nitrogens with zero attached hydrogens (tertiary/aromatic N) is 2. The van der Waals surface area contributed by atoms with Crippen LogP contribution in [0.5, 0.6) is 0 Å². The van der Waals surface area contributed by atoms with Crippen molar-refractivity contribution in [3.8, 4) is 0 Å². The van der Waals surface area contributed by atoms with Gasteiger partial charge < -0.3 is 4.42 Å². The predicted octanol–water partition coefficient (Wildman–Crippen LogP) is 3.03. The molecule has 1 aromatic carbocycles. The van der Waals surface area contributed by atoms with Gasteiger partial charge in [-0.2, -0.15) is 0 Å². The number of aromatic nitrogens is 2. The van der Waals surface area contributed by atoms with E-state index in [9.17, 15) is 0 Å². The molecule has 0 saturated carbocycles. The molecule has 0 aliphatic heterocycles. The van der Waals surface area contributed by atoms with Crippen LogP contribution in [0.15, 0.2) is 35.2 Å².